The third kappa shape index (κ3) is 3.47. The Bertz CT molecular complexity index is 867. The number of thioether (sulfide) groups is 1. The lowest BCUT2D eigenvalue weighted by Crippen LogP contribution is -2.11. The van der Waals surface area contributed by atoms with Gasteiger partial charge in [-0.3, -0.25) is 0 Å². The highest BCUT2D eigenvalue weighted by molar-refractivity contribution is 7.98. The van der Waals surface area contributed by atoms with Crippen molar-refractivity contribution in [3.05, 3.63) is 64.7 Å². The average Bonchev–Trinajstić information content (AvgIpc) is 2.94. The fourth-order valence-electron chi connectivity index (χ4n) is 2.02. The molecule has 114 valence electrons. The number of benzene rings is 2. The van der Waals surface area contributed by atoms with E-state index in [1.54, 1.807) is 24.3 Å². The second-order valence-corrected chi connectivity index (χ2v) is 6.16. The number of rotatable bonds is 4. The number of hydrogen-bond donors (Lipinski definition) is 1. The summed E-state index contributed by atoms with van der Waals surface area (Å²) in [6.45, 7) is 0. The Morgan fingerprint density at radius 1 is 1.17 bits per heavy atom. The Hall–Kier alpha value is -2.49. The van der Waals surface area contributed by atoms with Crippen molar-refractivity contribution in [2.75, 3.05) is 5.84 Å². The van der Waals surface area contributed by atoms with Crippen LogP contribution in [0.5, 0.6) is 0 Å². The third-order valence-corrected chi connectivity index (χ3v) is 4.45. The van der Waals surface area contributed by atoms with E-state index in [9.17, 15) is 0 Å². The van der Waals surface area contributed by atoms with Crippen LogP contribution in [0.15, 0.2) is 53.7 Å². The van der Waals surface area contributed by atoms with Crippen molar-refractivity contribution in [1.82, 2.24) is 14.9 Å². The first-order chi connectivity index (χ1) is 11.2. The summed E-state index contributed by atoms with van der Waals surface area (Å²) >= 11 is 7.48. The number of aromatic nitrogens is 3. The summed E-state index contributed by atoms with van der Waals surface area (Å²) in [6, 6.07) is 16.8. The molecule has 0 fully saturated rings. The minimum absolute atomic E-state index is 0.565. The van der Waals surface area contributed by atoms with Crippen LogP contribution in [0.4, 0.5) is 0 Å². The summed E-state index contributed by atoms with van der Waals surface area (Å²) in [5.74, 6) is 7.34. The van der Waals surface area contributed by atoms with Gasteiger partial charge in [-0.25, -0.2) is 4.68 Å². The summed E-state index contributed by atoms with van der Waals surface area (Å²) in [4.78, 5) is 0. The van der Waals surface area contributed by atoms with E-state index >= 15 is 0 Å². The second kappa shape index (κ2) is 6.73. The van der Waals surface area contributed by atoms with E-state index in [1.807, 2.05) is 24.3 Å². The molecule has 5 nitrogen and oxygen atoms in total. The highest BCUT2D eigenvalue weighted by Gasteiger charge is 2.12. The molecule has 0 saturated heterocycles. The van der Waals surface area contributed by atoms with Crippen LogP contribution in [0.3, 0.4) is 0 Å². The molecule has 1 heterocycles. The van der Waals surface area contributed by atoms with Crippen molar-refractivity contribution >= 4 is 23.4 Å². The topological polar surface area (TPSA) is 80.5 Å². The van der Waals surface area contributed by atoms with Gasteiger partial charge in [0.1, 0.15) is 0 Å². The normalized spacial score (nSPS) is 10.4. The Kier molecular flexibility index (Phi) is 4.51. The lowest BCUT2D eigenvalue weighted by atomic mass is 10.2. The summed E-state index contributed by atoms with van der Waals surface area (Å²) in [5.41, 5.74) is 2.54. The minimum atomic E-state index is 0.565. The molecule has 1 aromatic heterocycles. The maximum absolute atomic E-state index is 8.80. The smallest absolute Gasteiger partial charge is 0.210 e. The fraction of sp³-hybridized carbons (Fsp3) is 0.0625. The van der Waals surface area contributed by atoms with Crippen LogP contribution in [0.1, 0.15) is 11.1 Å². The predicted octanol–water partition coefficient (Wildman–Crippen LogP) is 3.48. The maximum Gasteiger partial charge on any atom is 0.210 e. The van der Waals surface area contributed by atoms with E-state index in [0.29, 0.717) is 27.3 Å². The molecule has 0 radical (unpaired) electrons. The fourth-order valence-corrected chi connectivity index (χ4v) is 3.03. The molecule has 2 aromatic carbocycles. The maximum atomic E-state index is 8.80. The van der Waals surface area contributed by atoms with Crippen molar-refractivity contribution < 1.29 is 0 Å². The summed E-state index contributed by atoms with van der Waals surface area (Å²) in [5, 5.41) is 18.3. The lowest BCUT2D eigenvalue weighted by Gasteiger charge is -2.04. The van der Waals surface area contributed by atoms with Crippen LogP contribution in [-0.2, 0) is 5.75 Å². The molecular weight excluding hydrogens is 330 g/mol. The van der Waals surface area contributed by atoms with Crippen molar-refractivity contribution in [3.63, 3.8) is 0 Å². The molecule has 0 aliphatic carbocycles. The highest BCUT2D eigenvalue weighted by Crippen LogP contribution is 2.25. The van der Waals surface area contributed by atoms with E-state index in [0.717, 1.165) is 11.1 Å². The molecule has 0 unspecified atom stereocenters. The van der Waals surface area contributed by atoms with Gasteiger partial charge in [0.2, 0.25) is 5.16 Å². The quantitative estimate of drug-likeness (QED) is 0.580. The molecule has 0 amide bonds. The largest absolute Gasteiger partial charge is 0.335 e. The zero-order valence-electron chi connectivity index (χ0n) is 12.0. The van der Waals surface area contributed by atoms with Crippen molar-refractivity contribution in [1.29, 1.82) is 5.26 Å². The molecule has 3 aromatic rings. The van der Waals surface area contributed by atoms with Crippen LogP contribution in [-0.4, -0.2) is 14.9 Å². The number of nitrogens with zero attached hydrogens (tertiary/aromatic N) is 4. The molecule has 23 heavy (non-hydrogen) atoms. The molecule has 0 saturated carbocycles. The molecule has 0 spiro atoms. The predicted molar refractivity (Wildman–Crippen MR) is 91.3 cm³/mol. The van der Waals surface area contributed by atoms with Crippen LogP contribution in [0, 0.1) is 11.3 Å². The van der Waals surface area contributed by atoms with Gasteiger partial charge >= 0.3 is 0 Å². The van der Waals surface area contributed by atoms with Gasteiger partial charge in [0.15, 0.2) is 5.82 Å². The molecule has 2 N–H and O–H groups in total. The van der Waals surface area contributed by atoms with Gasteiger partial charge in [-0.15, -0.1) is 10.2 Å². The molecular formula is C16H12ClN5S. The first-order valence-electron chi connectivity index (χ1n) is 6.75. The number of halogens is 1. The van der Waals surface area contributed by atoms with Gasteiger partial charge in [0.05, 0.1) is 11.6 Å². The molecule has 7 heteroatoms. The molecule has 3 rings (SSSR count). The van der Waals surface area contributed by atoms with Gasteiger partial charge in [-0.05, 0) is 29.8 Å². The van der Waals surface area contributed by atoms with E-state index in [1.165, 1.54) is 16.4 Å². The van der Waals surface area contributed by atoms with Gasteiger partial charge < -0.3 is 5.84 Å². The van der Waals surface area contributed by atoms with E-state index < -0.39 is 0 Å². The molecule has 0 aliphatic heterocycles. The number of hydrogen-bond acceptors (Lipinski definition) is 5. The summed E-state index contributed by atoms with van der Waals surface area (Å²) in [7, 11) is 0. The Morgan fingerprint density at radius 3 is 2.65 bits per heavy atom. The third-order valence-electron chi connectivity index (χ3n) is 3.20. The van der Waals surface area contributed by atoms with Gasteiger partial charge in [-0.1, -0.05) is 47.6 Å². The summed E-state index contributed by atoms with van der Waals surface area (Å²) in [6.07, 6.45) is 0. The van der Waals surface area contributed by atoms with Crippen molar-refractivity contribution in [2.45, 2.75) is 10.9 Å². The standard InChI is InChI=1S/C16H12ClN5S/c17-14-3-1-2-13(8-14)15-20-21-16(22(15)19)23-10-12-6-4-11(9-18)5-7-12/h1-8H,10,19H2. The van der Waals surface area contributed by atoms with Crippen molar-refractivity contribution in [3.8, 4) is 17.5 Å². The molecule has 0 aliphatic rings. The second-order valence-electron chi connectivity index (χ2n) is 4.78. The van der Waals surface area contributed by atoms with Crippen LogP contribution in [0.2, 0.25) is 5.02 Å². The Morgan fingerprint density at radius 2 is 1.96 bits per heavy atom. The van der Waals surface area contributed by atoms with Gasteiger partial charge in [0, 0.05) is 16.3 Å². The highest BCUT2D eigenvalue weighted by atomic mass is 35.5. The van der Waals surface area contributed by atoms with Crippen LogP contribution < -0.4 is 5.84 Å². The summed E-state index contributed by atoms with van der Waals surface area (Å²) < 4.78 is 1.46. The zero-order chi connectivity index (χ0) is 16.2. The minimum Gasteiger partial charge on any atom is -0.335 e. The van der Waals surface area contributed by atoms with E-state index in [4.69, 9.17) is 22.7 Å². The lowest BCUT2D eigenvalue weighted by molar-refractivity contribution is 0.849. The SMILES string of the molecule is N#Cc1ccc(CSc2nnc(-c3cccc(Cl)c3)n2N)cc1. The Balaban J connectivity index is 1.75. The first-order valence-corrected chi connectivity index (χ1v) is 8.12. The van der Waals surface area contributed by atoms with E-state index in [2.05, 4.69) is 16.3 Å². The van der Waals surface area contributed by atoms with Crippen LogP contribution >= 0.6 is 23.4 Å². The zero-order valence-corrected chi connectivity index (χ0v) is 13.6. The first kappa shape index (κ1) is 15.4. The number of nitrogen functional groups attached to an aromatic ring is 1. The Labute approximate surface area is 142 Å². The monoisotopic (exact) mass is 341 g/mol. The average molecular weight is 342 g/mol. The van der Waals surface area contributed by atoms with Crippen molar-refractivity contribution in [2.24, 2.45) is 0 Å². The van der Waals surface area contributed by atoms with Gasteiger partial charge in [-0.2, -0.15) is 5.26 Å². The molecule has 0 bridgehead atoms. The number of nitriles is 1. The van der Waals surface area contributed by atoms with Gasteiger partial charge in [0.25, 0.3) is 0 Å². The van der Waals surface area contributed by atoms with E-state index in [-0.39, 0.29) is 0 Å². The molecule has 0 atom stereocenters. The van der Waals surface area contributed by atoms with Crippen LogP contribution in [0.25, 0.3) is 11.4 Å². The number of nitrogens with two attached hydrogens (primary N) is 1.